The van der Waals surface area contributed by atoms with Crippen molar-refractivity contribution < 1.29 is 39.9 Å². The number of fused-ring (bicyclic) bond motifs is 3. The summed E-state index contributed by atoms with van der Waals surface area (Å²) in [6, 6.07) is 1.77. The first kappa shape index (κ1) is 23.7. The molecule has 3 aliphatic rings. The molecule has 0 heterocycles. The summed E-state index contributed by atoms with van der Waals surface area (Å²) in [7, 11) is 3.58. The molecule has 4 atom stereocenters. The van der Waals surface area contributed by atoms with E-state index in [4.69, 9.17) is 5.73 Å². The van der Waals surface area contributed by atoms with E-state index in [-0.39, 0.29) is 42.9 Å². The molecule has 0 unspecified atom stereocenters. The van der Waals surface area contributed by atoms with Gasteiger partial charge in [0.2, 0.25) is 5.78 Å². The lowest BCUT2D eigenvalue weighted by molar-refractivity contribution is -0.150. The van der Waals surface area contributed by atoms with E-state index in [2.05, 4.69) is 5.32 Å². The molecule has 0 saturated heterocycles. The standard InChI is InChI=1S/C23H27N3O8/c1-26(2)12-3-4-13(28)15-10(12)7-9-8-11-17(25-5-6-27)19(30)16(22(24)33)21(32)23(11,34)20(31)14(9)18(15)29/h3-4,9,11,17,25,27-29,32,34H,5-8H2,1-2H3,(H2,24,33)/t9-,11-,17+,23-/m0/s1. The van der Waals surface area contributed by atoms with Crippen molar-refractivity contribution in [2.45, 2.75) is 24.5 Å². The fourth-order valence-electron chi connectivity index (χ4n) is 5.53. The molecule has 182 valence electrons. The van der Waals surface area contributed by atoms with Crippen LogP contribution in [0.3, 0.4) is 0 Å². The monoisotopic (exact) mass is 473 g/mol. The van der Waals surface area contributed by atoms with Crippen molar-refractivity contribution in [3.63, 3.8) is 0 Å². The van der Waals surface area contributed by atoms with Crippen LogP contribution in [0.1, 0.15) is 17.5 Å². The van der Waals surface area contributed by atoms with Crippen molar-refractivity contribution in [1.82, 2.24) is 5.32 Å². The number of nitrogens with zero attached hydrogens (tertiary/aromatic N) is 1. The van der Waals surface area contributed by atoms with Gasteiger partial charge in [0.15, 0.2) is 11.4 Å². The maximum atomic E-state index is 13.7. The number of phenols is 1. The van der Waals surface area contributed by atoms with Crippen LogP contribution in [0.2, 0.25) is 0 Å². The van der Waals surface area contributed by atoms with Gasteiger partial charge < -0.3 is 41.5 Å². The molecule has 1 saturated carbocycles. The molecular formula is C23H27N3O8. The fourth-order valence-corrected chi connectivity index (χ4v) is 5.53. The van der Waals surface area contributed by atoms with Crippen LogP contribution in [0.25, 0.3) is 5.76 Å². The summed E-state index contributed by atoms with van der Waals surface area (Å²) in [5.41, 5.74) is 2.80. The third-order valence-electron chi connectivity index (χ3n) is 7.02. The number of hydrogen-bond acceptors (Lipinski definition) is 10. The highest BCUT2D eigenvalue weighted by atomic mass is 16.3. The molecule has 11 nitrogen and oxygen atoms in total. The summed E-state index contributed by atoms with van der Waals surface area (Å²) < 4.78 is 0. The van der Waals surface area contributed by atoms with Crippen molar-refractivity contribution in [1.29, 1.82) is 0 Å². The molecule has 4 rings (SSSR count). The normalized spacial score (nSPS) is 28.4. The van der Waals surface area contributed by atoms with Gasteiger partial charge in [-0.05, 0) is 36.5 Å². The predicted octanol–water partition coefficient (Wildman–Crippen LogP) is -0.950. The average molecular weight is 473 g/mol. The van der Waals surface area contributed by atoms with Crippen LogP contribution in [-0.2, 0) is 20.8 Å². The van der Waals surface area contributed by atoms with Gasteiger partial charge in [-0.3, -0.25) is 14.4 Å². The number of aliphatic hydroxyl groups is 4. The molecule has 0 radical (unpaired) electrons. The van der Waals surface area contributed by atoms with Crippen LogP contribution in [0.4, 0.5) is 5.69 Å². The fraction of sp³-hybridized carbons (Fsp3) is 0.435. The number of rotatable bonds is 5. The lowest BCUT2D eigenvalue weighted by atomic mass is 9.57. The molecule has 1 fully saturated rings. The second kappa shape index (κ2) is 8.12. The summed E-state index contributed by atoms with van der Waals surface area (Å²) in [5, 5.41) is 55.8. The van der Waals surface area contributed by atoms with Crippen molar-refractivity contribution in [3.8, 4) is 5.75 Å². The van der Waals surface area contributed by atoms with E-state index in [0.29, 0.717) is 11.3 Å². The number of Topliss-reactive ketones (excluding diaryl/α,β-unsaturated/α-hetero) is 2. The smallest absolute Gasteiger partial charge is 0.255 e. The minimum absolute atomic E-state index is 0.0193. The second-order valence-electron chi connectivity index (χ2n) is 9.06. The molecule has 34 heavy (non-hydrogen) atoms. The van der Waals surface area contributed by atoms with Gasteiger partial charge in [-0.2, -0.15) is 0 Å². The number of aromatic hydroxyl groups is 1. The second-order valence-corrected chi connectivity index (χ2v) is 9.06. The molecule has 0 aliphatic heterocycles. The van der Waals surface area contributed by atoms with Crippen molar-refractivity contribution in [3.05, 3.63) is 40.2 Å². The molecular weight excluding hydrogens is 446 g/mol. The molecule has 0 bridgehead atoms. The van der Waals surface area contributed by atoms with E-state index in [1.54, 1.807) is 25.1 Å². The zero-order valence-electron chi connectivity index (χ0n) is 18.7. The lowest BCUT2D eigenvalue weighted by Gasteiger charge is -2.49. The number of nitrogens with one attached hydrogen (secondary N) is 1. The molecule has 0 aromatic heterocycles. The van der Waals surface area contributed by atoms with E-state index >= 15 is 0 Å². The number of carbonyl (C=O) groups is 3. The number of amides is 1. The van der Waals surface area contributed by atoms with E-state index in [1.807, 2.05) is 0 Å². The quantitative estimate of drug-likeness (QED) is 0.262. The maximum absolute atomic E-state index is 13.7. The molecule has 1 amide bonds. The minimum Gasteiger partial charge on any atom is -0.508 e. The number of carbonyl (C=O) groups excluding carboxylic acids is 3. The largest absolute Gasteiger partial charge is 0.508 e. The highest BCUT2D eigenvalue weighted by molar-refractivity contribution is 6.24. The Kier molecular flexibility index (Phi) is 5.67. The molecule has 8 N–H and O–H groups in total. The van der Waals surface area contributed by atoms with Crippen LogP contribution < -0.4 is 16.0 Å². The van der Waals surface area contributed by atoms with Gasteiger partial charge >= 0.3 is 0 Å². The number of hydrogen-bond donors (Lipinski definition) is 7. The van der Waals surface area contributed by atoms with Gasteiger partial charge in [0.25, 0.3) is 5.91 Å². The number of anilines is 1. The van der Waals surface area contributed by atoms with E-state index in [0.717, 1.165) is 0 Å². The van der Waals surface area contributed by atoms with Crippen molar-refractivity contribution in [2.24, 2.45) is 17.6 Å². The first-order valence-electron chi connectivity index (χ1n) is 10.8. The Bertz CT molecular complexity index is 1170. The van der Waals surface area contributed by atoms with E-state index < -0.39 is 58.0 Å². The van der Waals surface area contributed by atoms with Gasteiger partial charge in [0, 0.05) is 37.8 Å². The highest BCUT2D eigenvalue weighted by Crippen LogP contribution is 2.53. The predicted molar refractivity (Wildman–Crippen MR) is 120 cm³/mol. The van der Waals surface area contributed by atoms with Crippen molar-refractivity contribution >= 4 is 28.9 Å². The summed E-state index contributed by atoms with van der Waals surface area (Å²) in [4.78, 5) is 40.4. The van der Waals surface area contributed by atoms with Gasteiger partial charge in [-0.15, -0.1) is 0 Å². The topological polar surface area (TPSA) is 194 Å². The highest BCUT2D eigenvalue weighted by Gasteiger charge is 2.63. The maximum Gasteiger partial charge on any atom is 0.255 e. The molecule has 1 aromatic rings. The number of nitrogens with two attached hydrogens (primary N) is 1. The van der Waals surface area contributed by atoms with Gasteiger partial charge in [0.1, 0.15) is 22.8 Å². The van der Waals surface area contributed by atoms with Crippen LogP contribution in [-0.4, -0.2) is 81.9 Å². The lowest BCUT2D eigenvalue weighted by Crippen LogP contribution is -2.66. The van der Waals surface area contributed by atoms with E-state index in [9.17, 15) is 39.9 Å². The summed E-state index contributed by atoms with van der Waals surface area (Å²) in [6.45, 7) is -0.442. The average Bonchev–Trinajstić information content (AvgIpc) is 2.75. The Morgan fingerprint density at radius 1 is 1.24 bits per heavy atom. The molecule has 11 heteroatoms. The Morgan fingerprint density at radius 3 is 2.50 bits per heavy atom. The van der Waals surface area contributed by atoms with Gasteiger partial charge in [-0.25, -0.2) is 0 Å². The summed E-state index contributed by atoms with van der Waals surface area (Å²) in [5.74, 6) is -7.09. The Morgan fingerprint density at radius 2 is 1.91 bits per heavy atom. The SMILES string of the molecule is CN(C)c1ccc(O)c2c1C[C@H]1C[C@H]3[C@@H](NCCO)C(=O)C(C(N)=O)=C(O)[C@@]3(O)C(=O)C1=C2O. The van der Waals surface area contributed by atoms with Gasteiger partial charge in [-0.1, -0.05) is 0 Å². The first-order valence-corrected chi connectivity index (χ1v) is 10.8. The third kappa shape index (κ3) is 3.11. The van der Waals surface area contributed by atoms with Crippen LogP contribution in [0, 0.1) is 11.8 Å². The van der Waals surface area contributed by atoms with E-state index in [1.165, 1.54) is 6.07 Å². The van der Waals surface area contributed by atoms with Crippen LogP contribution >= 0.6 is 0 Å². The van der Waals surface area contributed by atoms with Crippen LogP contribution in [0.15, 0.2) is 29.0 Å². The Labute approximate surface area is 194 Å². The van der Waals surface area contributed by atoms with Crippen molar-refractivity contribution in [2.75, 3.05) is 32.1 Å². The Hall–Kier alpha value is -3.41. The summed E-state index contributed by atoms with van der Waals surface area (Å²) in [6.07, 6.45) is 0.192. The zero-order chi connectivity index (χ0) is 25.1. The molecule has 0 spiro atoms. The number of phenolic OH excluding ortho intramolecular Hbond substituents is 1. The number of aliphatic hydroxyl groups excluding tert-OH is 3. The summed E-state index contributed by atoms with van der Waals surface area (Å²) >= 11 is 0. The van der Waals surface area contributed by atoms with Crippen LogP contribution in [0.5, 0.6) is 5.75 Å². The Balaban J connectivity index is 1.95. The van der Waals surface area contributed by atoms with Gasteiger partial charge in [0.05, 0.1) is 18.2 Å². The number of ketones is 2. The third-order valence-corrected chi connectivity index (χ3v) is 7.02. The first-order chi connectivity index (χ1) is 16.0. The number of benzene rings is 1. The molecule has 3 aliphatic carbocycles. The minimum atomic E-state index is -2.71. The number of primary amides is 1. The molecule has 1 aromatic carbocycles. The zero-order valence-corrected chi connectivity index (χ0v) is 18.7.